The zero-order valence-corrected chi connectivity index (χ0v) is 11.8. The zero-order chi connectivity index (χ0) is 12.8. The van der Waals surface area contributed by atoms with Crippen LogP contribution < -0.4 is 5.73 Å². The maximum absolute atomic E-state index is 5.88. The van der Waals surface area contributed by atoms with Crippen LogP contribution >= 0.6 is 23.5 Å². The van der Waals surface area contributed by atoms with Crippen LogP contribution in [0.2, 0.25) is 0 Å². The SMILES string of the molecule is CCSc1cccc(Sc2ccncn2)c1CN. The van der Waals surface area contributed by atoms with Crippen LogP contribution in [0, 0.1) is 0 Å². The van der Waals surface area contributed by atoms with Gasteiger partial charge in [0.25, 0.3) is 0 Å². The van der Waals surface area contributed by atoms with Gasteiger partial charge in [-0.25, -0.2) is 9.97 Å². The third-order valence-corrected chi connectivity index (χ3v) is 4.40. The van der Waals surface area contributed by atoms with Crippen LogP contribution in [0.5, 0.6) is 0 Å². The van der Waals surface area contributed by atoms with Crippen LogP contribution in [0.1, 0.15) is 12.5 Å². The number of benzene rings is 1. The van der Waals surface area contributed by atoms with E-state index in [9.17, 15) is 0 Å². The second kappa shape index (κ2) is 6.78. The van der Waals surface area contributed by atoms with Crippen LogP contribution in [-0.4, -0.2) is 15.7 Å². The Hall–Kier alpha value is -1.04. The monoisotopic (exact) mass is 277 g/mol. The average molecular weight is 277 g/mol. The van der Waals surface area contributed by atoms with E-state index in [1.54, 1.807) is 24.3 Å². The second-order valence-electron chi connectivity index (χ2n) is 3.52. The van der Waals surface area contributed by atoms with Gasteiger partial charge >= 0.3 is 0 Å². The fraction of sp³-hybridized carbons (Fsp3) is 0.231. The molecule has 0 unspecified atom stereocenters. The molecule has 2 N–H and O–H groups in total. The first-order chi connectivity index (χ1) is 8.85. The molecule has 0 aliphatic carbocycles. The van der Waals surface area contributed by atoms with Gasteiger partial charge in [-0.15, -0.1) is 11.8 Å². The highest BCUT2D eigenvalue weighted by molar-refractivity contribution is 8.00. The van der Waals surface area contributed by atoms with Crippen LogP contribution in [-0.2, 0) is 6.54 Å². The van der Waals surface area contributed by atoms with Crippen molar-refractivity contribution in [2.75, 3.05) is 5.75 Å². The highest BCUT2D eigenvalue weighted by atomic mass is 32.2. The van der Waals surface area contributed by atoms with Gasteiger partial charge in [0.05, 0.1) is 0 Å². The molecule has 2 aromatic rings. The molecule has 0 bridgehead atoms. The van der Waals surface area contributed by atoms with Crippen LogP contribution in [0.3, 0.4) is 0 Å². The molecule has 0 amide bonds. The summed E-state index contributed by atoms with van der Waals surface area (Å²) in [5.74, 6) is 1.05. The Morgan fingerprint density at radius 2 is 2.06 bits per heavy atom. The first kappa shape index (κ1) is 13.4. The number of nitrogens with two attached hydrogens (primary N) is 1. The summed E-state index contributed by atoms with van der Waals surface area (Å²) in [6.07, 6.45) is 3.32. The van der Waals surface area contributed by atoms with Gasteiger partial charge in [-0.2, -0.15) is 0 Å². The minimum Gasteiger partial charge on any atom is -0.326 e. The van der Waals surface area contributed by atoms with E-state index in [2.05, 4.69) is 35.1 Å². The summed E-state index contributed by atoms with van der Waals surface area (Å²) in [5.41, 5.74) is 7.08. The molecule has 0 fully saturated rings. The molecule has 2 rings (SSSR count). The largest absolute Gasteiger partial charge is 0.326 e. The van der Waals surface area contributed by atoms with E-state index in [-0.39, 0.29) is 0 Å². The second-order valence-corrected chi connectivity index (χ2v) is 5.89. The molecule has 0 atom stereocenters. The maximum Gasteiger partial charge on any atom is 0.116 e. The summed E-state index contributed by atoms with van der Waals surface area (Å²) in [7, 11) is 0. The third kappa shape index (κ3) is 3.25. The number of aromatic nitrogens is 2. The molecular formula is C13H15N3S2. The lowest BCUT2D eigenvalue weighted by Crippen LogP contribution is -2.01. The molecule has 5 heteroatoms. The highest BCUT2D eigenvalue weighted by Crippen LogP contribution is 2.34. The summed E-state index contributed by atoms with van der Waals surface area (Å²) in [6, 6.07) is 8.19. The van der Waals surface area contributed by atoms with Gasteiger partial charge in [0.2, 0.25) is 0 Å². The van der Waals surface area contributed by atoms with Crippen molar-refractivity contribution >= 4 is 23.5 Å². The molecule has 18 heavy (non-hydrogen) atoms. The molecular weight excluding hydrogens is 262 g/mol. The molecule has 0 spiro atoms. The van der Waals surface area contributed by atoms with Gasteiger partial charge in [0, 0.05) is 22.5 Å². The van der Waals surface area contributed by atoms with E-state index in [1.165, 1.54) is 15.4 Å². The summed E-state index contributed by atoms with van der Waals surface area (Å²) < 4.78 is 0. The first-order valence-electron chi connectivity index (χ1n) is 5.73. The lowest BCUT2D eigenvalue weighted by atomic mass is 10.2. The molecule has 1 aromatic heterocycles. The molecule has 0 aliphatic rings. The van der Waals surface area contributed by atoms with Crippen molar-refractivity contribution in [3.05, 3.63) is 42.4 Å². The first-order valence-corrected chi connectivity index (χ1v) is 7.54. The molecule has 0 saturated heterocycles. The number of hydrogen-bond donors (Lipinski definition) is 1. The molecule has 1 heterocycles. The van der Waals surface area contributed by atoms with Crippen LogP contribution in [0.25, 0.3) is 0 Å². The normalized spacial score (nSPS) is 10.6. The van der Waals surface area contributed by atoms with Gasteiger partial charge in [-0.1, -0.05) is 24.8 Å². The van der Waals surface area contributed by atoms with E-state index >= 15 is 0 Å². The van der Waals surface area contributed by atoms with Crippen molar-refractivity contribution in [2.24, 2.45) is 5.73 Å². The molecule has 0 radical (unpaired) electrons. The van der Waals surface area contributed by atoms with Gasteiger partial charge in [0.15, 0.2) is 0 Å². The Bertz CT molecular complexity index is 503. The van der Waals surface area contributed by atoms with Gasteiger partial charge in [-0.3, -0.25) is 0 Å². The predicted molar refractivity (Wildman–Crippen MR) is 76.9 cm³/mol. The minimum atomic E-state index is 0.552. The maximum atomic E-state index is 5.88. The van der Waals surface area contributed by atoms with Gasteiger partial charge in [0.1, 0.15) is 11.4 Å². The Balaban J connectivity index is 2.30. The van der Waals surface area contributed by atoms with Crippen molar-refractivity contribution in [1.82, 2.24) is 9.97 Å². The quantitative estimate of drug-likeness (QED) is 0.672. The molecule has 94 valence electrons. The molecule has 0 aliphatic heterocycles. The zero-order valence-electron chi connectivity index (χ0n) is 10.2. The lowest BCUT2D eigenvalue weighted by Gasteiger charge is -2.11. The lowest BCUT2D eigenvalue weighted by molar-refractivity contribution is 0.975. The van der Waals surface area contributed by atoms with E-state index in [4.69, 9.17) is 5.73 Å². The Morgan fingerprint density at radius 3 is 2.72 bits per heavy atom. The van der Waals surface area contributed by atoms with Crippen LogP contribution in [0.4, 0.5) is 0 Å². The van der Waals surface area contributed by atoms with Crippen LogP contribution in [0.15, 0.2) is 51.6 Å². The number of rotatable bonds is 5. The standard InChI is InChI=1S/C13H15N3S2/c1-2-17-11-4-3-5-12(10(11)8-14)18-13-6-7-15-9-16-13/h3-7,9H,2,8,14H2,1H3. The molecule has 1 aromatic carbocycles. The van der Waals surface area contributed by atoms with Crippen molar-refractivity contribution in [2.45, 2.75) is 28.3 Å². The Morgan fingerprint density at radius 1 is 1.22 bits per heavy atom. The summed E-state index contributed by atoms with van der Waals surface area (Å²) >= 11 is 3.46. The topological polar surface area (TPSA) is 51.8 Å². The Labute approximate surface area is 116 Å². The number of hydrogen-bond acceptors (Lipinski definition) is 5. The van der Waals surface area contributed by atoms with E-state index in [1.807, 2.05) is 17.8 Å². The number of thioether (sulfide) groups is 1. The smallest absolute Gasteiger partial charge is 0.116 e. The van der Waals surface area contributed by atoms with Crippen molar-refractivity contribution < 1.29 is 0 Å². The minimum absolute atomic E-state index is 0.552. The highest BCUT2D eigenvalue weighted by Gasteiger charge is 2.08. The van der Waals surface area contributed by atoms with E-state index < -0.39 is 0 Å². The number of nitrogens with zero attached hydrogens (tertiary/aromatic N) is 2. The fourth-order valence-electron chi connectivity index (χ4n) is 1.58. The Kier molecular flexibility index (Phi) is 5.04. The van der Waals surface area contributed by atoms with Crippen molar-refractivity contribution in [3.63, 3.8) is 0 Å². The summed E-state index contributed by atoms with van der Waals surface area (Å²) in [4.78, 5) is 10.6. The third-order valence-electron chi connectivity index (χ3n) is 2.36. The van der Waals surface area contributed by atoms with Crippen molar-refractivity contribution in [3.8, 4) is 0 Å². The summed E-state index contributed by atoms with van der Waals surface area (Å²) in [5, 5.41) is 0.943. The molecule has 3 nitrogen and oxygen atoms in total. The van der Waals surface area contributed by atoms with E-state index in [0.717, 1.165) is 10.8 Å². The predicted octanol–water partition coefficient (Wildman–Crippen LogP) is 3.20. The average Bonchev–Trinajstić information content (AvgIpc) is 2.41. The molecule has 0 saturated carbocycles. The van der Waals surface area contributed by atoms with Gasteiger partial charge in [-0.05, 0) is 29.5 Å². The van der Waals surface area contributed by atoms with E-state index in [0.29, 0.717) is 6.54 Å². The van der Waals surface area contributed by atoms with Gasteiger partial charge < -0.3 is 5.73 Å². The summed E-state index contributed by atoms with van der Waals surface area (Å²) in [6.45, 7) is 2.70. The fourth-order valence-corrected chi connectivity index (χ4v) is 3.42. The van der Waals surface area contributed by atoms with Crippen molar-refractivity contribution in [1.29, 1.82) is 0 Å².